The lowest BCUT2D eigenvalue weighted by molar-refractivity contribution is 0.504. The third-order valence-corrected chi connectivity index (χ3v) is 7.06. The van der Waals surface area contributed by atoms with Crippen LogP contribution in [0.1, 0.15) is 11.4 Å². The molecule has 0 saturated heterocycles. The molecule has 0 aliphatic rings. The second-order valence-electron chi connectivity index (χ2n) is 6.50. The Morgan fingerprint density at radius 1 is 0.750 bits per heavy atom. The molecule has 1 aromatic heterocycles. The fourth-order valence-corrected chi connectivity index (χ4v) is 5.64. The first-order valence-electron chi connectivity index (χ1n) is 8.98. The van der Waals surface area contributed by atoms with Crippen LogP contribution >= 0.6 is 7.92 Å². The molecule has 0 fully saturated rings. The lowest BCUT2D eigenvalue weighted by Gasteiger charge is -2.21. The van der Waals surface area contributed by atoms with Crippen LogP contribution in [0.2, 0.25) is 0 Å². The molecule has 0 aliphatic carbocycles. The average Bonchev–Trinajstić information content (AvgIpc) is 3.00. The van der Waals surface area contributed by atoms with Crippen molar-refractivity contribution in [2.75, 3.05) is 0 Å². The Morgan fingerprint density at radius 3 is 1.89 bits per heavy atom. The monoisotopic (exact) mass is 392 g/mol. The number of imidazole rings is 1. The standard InChI is InChI=1S/C23H19F2N2P/c1-16-17(2)27(21-15-9-14-20(24)22(21)25)23(26-16)28(18-10-5-3-6-11-18)19-12-7-4-8-13-19/h3-15H,1-2H3. The second-order valence-corrected chi connectivity index (χ2v) is 8.60. The Hall–Kier alpha value is -2.84. The summed E-state index contributed by atoms with van der Waals surface area (Å²) in [5.74, 6) is -1.72. The summed E-state index contributed by atoms with van der Waals surface area (Å²) in [5.41, 5.74) is 2.52. The summed E-state index contributed by atoms with van der Waals surface area (Å²) in [6.45, 7) is 3.79. The predicted octanol–water partition coefficient (Wildman–Crippen LogP) is 4.53. The van der Waals surface area contributed by atoms with E-state index in [1.807, 2.05) is 50.2 Å². The summed E-state index contributed by atoms with van der Waals surface area (Å²) in [6, 6.07) is 24.4. The van der Waals surface area contributed by atoms with Crippen LogP contribution in [0.25, 0.3) is 5.69 Å². The van der Waals surface area contributed by atoms with Gasteiger partial charge in [0.05, 0.1) is 11.4 Å². The molecule has 3 aromatic carbocycles. The van der Waals surface area contributed by atoms with Crippen molar-refractivity contribution >= 4 is 24.1 Å². The molecule has 0 saturated carbocycles. The number of nitrogens with zero attached hydrogens (tertiary/aromatic N) is 2. The van der Waals surface area contributed by atoms with E-state index in [2.05, 4.69) is 24.3 Å². The smallest absolute Gasteiger partial charge is 0.182 e. The SMILES string of the molecule is Cc1nc(P(c2ccccc2)c2ccccc2)n(-c2cccc(F)c2F)c1C. The summed E-state index contributed by atoms with van der Waals surface area (Å²) in [6.07, 6.45) is 0. The molecule has 4 rings (SSSR count). The number of hydrogen-bond donors (Lipinski definition) is 0. The maximum absolute atomic E-state index is 14.7. The highest BCUT2D eigenvalue weighted by Crippen LogP contribution is 2.34. The largest absolute Gasteiger partial charge is 0.293 e. The fraction of sp³-hybridized carbons (Fsp3) is 0.0870. The van der Waals surface area contributed by atoms with Gasteiger partial charge in [-0.2, -0.15) is 0 Å². The summed E-state index contributed by atoms with van der Waals surface area (Å²) >= 11 is 0. The first-order chi connectivity index (χ1) is 13.6. The third-order valence-electron chi connectivity index (χ3n) is 4.73. The summed E-state index contributed by atoms with van der Waals surface area (Å²) < 4.78 is 30.5. The van der Waals surface area contributed by atoms with Crippen molar-refractivity contribution in [3.05, 3.63) is 102 Å². The molecule has 0 N–H and O–H groups in total. The molecule has 140 valence electrons. The molecular weight excluding hydrogens is 373 g/mol. The van der Waals surface area contributed by atoms with Crippen LogP contribution in [0.4, 0.5) is 8.78 Å². The molecule has 28 heavy (non-hydrogen) atoms. The van der Waals surface area contributed by atoms with E-state index < -0.39 is 19.6 Å². The van der Waals surface area contributed by atoms with Crippen molar-refractivity contribution in [2.24, 2.45) is 0 Å². The maximum atomic E-state index is 14.7. The topological polar surface area (TPSA) is 17.8 Å². The van der Waals surface area contributed by atoms with Gasteiger partial charge in [0.25, 0.3) is 0 Å². The van der Waals surface area contributed by atoms with E-state index in [1.165, 1.54) is 6.07 Å². The van der Waals surface area contributed by atoms with Gasteiger partial charge in [-0.05, 0) is 36.6 Å². The van der Waals surface area contributed by atoms with Crippen LogP contribution in [0.5, 0.6) is 0 Å². The zero-order valence-corrected chi connectivity index (χ0v) is 16.5. The van der Waals surface area contributed by atoms with E-state index in [9.17, 15) is 8.78 Å². The Balaban J connectivity index is 2.01. The molecule has 0 aliphatic heterocycles. The van der Waals surface area contributed by atoms with Crippen LogP contribution < -0.4 is 16.2 Å². The number of aryl methyl sites for hydroxylation is 1. The second kappa shape index (κ2) is 7.65. The molecule has 4 aromatic rings. The van der Waals surface area contributed by atoms with Gasteiger partial charge in [-0.25, -0.2) is 13.8 Å². The van der Waals surface area contributed by atoms with Gasteiger partial charge < -0.3 is 0 Å². The van der Waals surface area contributed by atoms with Crippen LogP contribution in [-0.4, -0.2) is 9.55 Å². The molecule has 1 heterocycles. The van der Waals surface area contributed by atoms with E-state index in [4.69, 9.17) is 4.98 Å². The molecular formula is C23H19F2N2P. The molecule has 0 atom stereocenters. The van der Waals surface area contributed by atoms with Crippen molar-refractivity contribution in [2.45, 2.75) is 13.8 Å². The summed E-state index contributed by atoms with van der Waals surface area (Å²) in [4.78, 5) is 4.81. The highest BCUT2D eigenvalue weighted by Gasteiger charge is 2.26. The van der Waals surface area contributed by atoms with Crippen LogP contribution in [0.15, 0.2) is 78.9 Å². The van der Waals surface area contributed by atoms with Crippen molar-refractivity contribution in [1.29, 1.82) is 0 Å². The van der Waals surface area contributed by atoms with Crippen LogP contribution in [-0.2, 0) is 0 Å². The zero-order chi connectivity index (χ0) is 19.7. The number of halogens is 2. The Kier molecular flexibility index (Phi) is 5.06. The van der Waals surface area contributed by atoms with Gasteiger partial charge in [0, 0.05) is 13.6 Å². The number of rotatable bonds is 4. The molecule has 5 heteroatoms. The Morgan fingerprint density at radius 2 is 1.32 bits per heavy atom. The first kappa shape index (κ1) is 18.5. The van der Waals surface area contributed by atoms with Crippen molar-refractivity contribution in [3.63, 3.8) is 0 Å². The number of benzene rings is 3. The third kappa shape index (κ3) is 3.25. The van der Waals surface area contributed by atoms with Gasteiger partial charge in [-0.1, -0.05) is 66.7 Å². The van der Waals surface area contributed by atoms with Gasteiger partial charge in [-0.3, -0.25) is 4.57 Å². The van der Waals surface area contributed by atoms with Gasteiger partial charge in [0.15, 0.2) is 11.6 Å². The lowest BCUT2D eigenvalue weighted by atomic mass is 10.2. The number of aromatic nitrogens is 2. The van der Waals surface area contributed by atoms with Gasteiger partial charge in [-0.15, -0.1) is 0 Å². The highest BCUT2D eigenvalue weighted by atomic mass is 31.1. The van der Waals surface area contributed by atoms with Crippen LogP contribution in [0.3, 0.4) is 0 Å². The predicted molar refractivity (Wildman–Crippen MR) is 112 cm³/mol. The molecule has 0 spiro atoms. The zero-order valence-electron chi connectivity index (χ0n) is 15.6. The molecule has 0 radical (unpaired) electrons. The summed E-state index contributed by atoms with van der Waals surface area (Å²) in [7, 11) is -1.05. The first-order valence-corrected chi connectivity index (χ1v) is 10.3. The molecule has 0 unspecified atom stereocenters. The van der Waals surface area contributed by atoms with E-state index in [1.54, 1.807) is 10.6 Å². The minimum Gasteiger partial charge on any atom is -0.293 e. The number of hydrogen-bond acceptors (Lipinski definition) is 1. The maximum Gasteiger partial charge on any atom is 0.182 e. The van der Waals surface area contributed by atoms with Crippen molar-refractivity contribution in [1.82, 2.24) is 9.55 Å². The van der Waals surface area contributed by atoms with Crippen LogP contribution in [0, 0.1) is 25.5 Å². The van der Waals surface area contributed by atoms with E-state index >= 15 is 0 Å². The quantitative estimate of drug-likeness (QED) is 0.467. The molecule has 0 bridgehead atoms. The Labute approximate surface area is 164 Å². The van der Waals surface area contributed by atoms with E-state index in [0.717, 1.165) is 33.6 Å². The van der Waals surface area contributed by atoms with Crippen molar-refractivity contribution < 1.29 is 8.78 Å². The fourth-order valence-electron chi connectivity index (χ4n) is 3.23. The minimum absolute atomic E-state index is 0.187. The lowest BCUT2D eigenvalue weighted by Crippen LogP contribution is -2.28. The van der Waals surface area contributed by atoms with Gasteiger partial charge in [0.1, 0.15) is 5.57 Å². The highest BCUT2D eigenvalue weighted by molar-refractivity contribution is 7.79. The van der Waals surface area contributed by atoms with Gasteiger partial charge >= 0.3 is 0 Å². The molecule has 0 amide bonds. The van der Waals surface area contributed by atoms with E-state index in [0.29, 0.717) is 0 Å². The Bertz CT molecular complexity index is 1070. The van der Waals surface area contributed by atoms with E-state index in [-0.39, 0.29) is 5.69 Å². The minimum atomic E-state index is -1.05. The summed E-state index contributed by atoms with van der Waals surface area (Å²) in [5, 5.41) is 2.21. The molecule has 2 nitrogen and oxygen atoms in total. The normalized spacial score (nSPS) is 11.2. The average molecular weight is 392 g/mol. The van der Waals surface area contributed by atoms with Gasteiger partial charge in [0.2, 0.25) is 0 Å². The van der Waals surface area contributed by atoms with Crippen molar-refractivity contribution in [3.8, 4) is 5.69 Å².